The number of fused-ring (bicyclic) bond motifs is 1. The van der Waals surface area contributed by atoms with Crippen molar-refractivity contribution in [1.29, 1.82) is 0 Å². The van der Waals surface area contributed by atoms with Crippen molar-refractivity contribution < 1.29 is 0 Å². The van der Waals surface area contributed by atoms with Gasteiger partial charge in [-0.1, -0.05) is 6.42 Å². The number of imidazole rings is 1. The predicted octanol–water partition coefficient (Wildman–Crippen LogP) is 2.23. The highest BCUT2D eigenvalue weighted by Gasteiger charge is 2.27. The van der Waals surface area contributed by atoms with Crippen LogP contribution in [0.15, 0.2) is 12.5 Å². The van der Waals surface area contributed by atoms with E-state index in [0.717, 1.165) is 35.9 Å². The molecule has 2 aliphatic rings. The molecule has 6 heteroatoms. The van der Waals surface area contributed by atoms with Crippen LogP contribution in [0.4, 0.5) is 5.82 Å². The van der Waals surface area contributed by atoms with Gasteiger partial charge in [0, 0.05) is 17.3 Å². The summed E-state index contributed by atoms with van der Waals surface area (Å²) in [6.45, 7) is 0. The molecule has 0 amide bonds. The van der Waals surface area contributed by atoms with E-state index < -0.39 is 0 Å². The molecule has 0 atom stereocenters. The van der Waals surface area contributed by atoms with Crippen LogP contribution in [0, 0.1) is 0 Å². The second-order valence-electron chi connectivity index (χ2n) is 5.94. The Morgan fingerprint density at radius 2 is 2.00 bits per heavy atom. The van der Waals surface area contributed by atoms with E-state index in [0.29, 0.717) is 6.04 Å². The van der Waals surface area contributed by atoms with Gasteiger partial charge in [0.25, 0.3) is 0 Å². The summed E-state index contributed by atoms with van der Waals surface area (Å²) in [5, 5.41) is 0. The molecule has 2 aromatic heterocycles. The molecule has 0 bridgehead atoms. The Morgan fingerprint density at radius 1 is 1.14 bits per heavy atom. The first-order valence-corrected chi connectivity index (χ1v) is 7.75. The van der Waals surface area contributed by atoms with Crippen LogP contribution in [0.5, 0.6) is 0 Å². The second kappa shape index (κ2) is 5.11. The molecule has 0 radical (unpaired) electrons. The highest BCUT2D eigenvalue weighted by molar-refractivity contribution is 5.57. The maximum absolute atomic E-state index is 5.69. The zero-order chi connectivity index (χ0) is 14.2. The van der Waals surface area contributed by atoms with Crippen LogP contribution in [0.2, 0.25) is 0 Å². The third-order valence-electron chi connectivity index (χ3n) is 4.41. The summed E-state index contributed by atoms with van der Waals surface area (Å²) in [5.41, 5.74) is 6.11. The van der Waals surface area contributed by atoms with E-state index >= 15 is 0 Å². The lowest BCUT2D eigenvalue weighted by molar-refractivity contribution is 0.708. The lowest BCUT2D eigenvalue weighted by atomic mass is 10.1. The highest BCUT2D eigenvalue weighted by atomic mass is 15.3. The standard InChI is InChI=1S/C15H20N6/c16-20-14-11-4-2-1-3-5-12(11)18-15(19-14)13-8-17-9-21(13)10-6-7-10/h8-10H,1-7,16H2,(H,18,19,20). The molecule has 0 spiro atoms. The Bertz CT molecular complexity index is 658. The molecule has 0 aliphatic heterocycles. The SMILES string of the molecule is NNc1nc(-c2cncn2C2CC2)nc2c1CCCCC2. The Morgan fingerprint density at radius 3 is 2.81 bits per heavy atom. The third kappa shape index (κ3) is 2.29. The molecular weight excluding hydrogens is 264 g/mol. The Labute approximate surface area is 123 Å². The van der Waals surface area contributed by atoms with Gasteiger partial charge in [-0.15, -0.1) is 0 Å². The fraction of sp³-hybridized carbons (Fsp3) is 0.533. The largest absolute Gasteiger partial charge is 0.325 e. The molecule has 2 aliphatic carbocycles. The minimum absolute atomic E-state index is 0.569. The number of anilines is 1. The molecule has 21 heavy (non-hydrogen) atoms. The molecule has 3 N–H and O–H groups in total. The van der Waals surface area contributed by atoms with E-state index in [4.69, 9.17) is 10.8 Å². The van der Waals surface area contributed by atoms with Crippen molar-refractivity contribution in [3.8, 4) is 11.5 Å². The van der Waals surface area contributed by atoms with Gasteiger partial charge in [0.05, 0.1) is 12.5 Å². The van der Waals surface area contributed by atoms with Gasteiger partial charge in [-0.2, -0.15) is 0 Å². The number of hydrazine groups is 1. The molecule has 1 fully saturated rings. The van der Waals surface area contributed by atoms with Crippen LogP contribution in [0.1, 0.15) is 49.4 Å². The van der Waals surface area contributed by atoms with Gasteiger partial charge in [-0.05, 0) is 38.5 Å². The van der Waals surface area contributed by atoms with Crippen LogP contribution >= 0.6 is 0 Å². The van der Waals surface area contributed by atoms with E-state index in [-0.39, 0.29) is 0 Å². The van der Waals surface area contributed by atoms with E-state index in [1.165, 1.54) is 37.7 Å². The Hall–Kier alpha value is -1.95. The minimum atomic E-state index is 0.569. The topological polar surface area (TPSA) is 81.6 Å². The quantitative estimate of drug-likeness (QED) is 0.513. The molecule has 0 aromatic carbocycles. The van der Waals surface area contributed by atoms with Crippen molar-refractivity contribution in [3.63, 3.8) is 0 Å². The van der Waals surface area contributed by atoms with Gasteiger partial charge in [0.1, 0.15) is 11.5 Å². The molecule has 1 saturated carbocycles. The molecule has 0 unspecified atom stereocenters. The number of rotatable bonds is 3. The number of aromatic nitrogens is 4. The molecule has 4 rings (SSSR count). The Balaban J connectivity index is 1.82. The lowest BCUT2D eigenvalue weighted by Crippen LogP contribution is -2.15. The number of aryl methyl sites for hydroxylation is 1. The van der Waals surface area contributed by atoms with Crippen LogP contribution in [0.25, 0.3) is 11.5 Å². The zero-order valence-electron chi connectivity index (χ0n) is 12.0. The third-order valence-corrected chi connectivity index (χ3v) is 4.41. The van der Waals surface area contributed by atoms with Crippen molar-refractivity contribution in [2.24, 2.45) is 5.84 Å². The van der Waals surface area contributed by atoms with Crippen molar-refractivity contribution in [1.82, 2.24) is 19.5 Å². The van der Waals surface area contributed by atoms with E-state index in [1.54, 1.807) is 0 Å². The molecular formula is C15H20N6. The van der Waals surface area contributed by atoms with Crippen LogP contribution in [0.3, 0.4) is 0 Å². The minimum Gasteiger partial charge on any atom is -0.325 e. The van der Waals surface area contributed by atoms with Crippen LogP contribution < -0.4 is 11.3 Å². The first-order chi connectivity index (χ1) is 10.4. The summed E-state index contributed by atoms with van der Waals surface area (Å²) in [6, 6.07) is 0.569. The summed E-state index contributed by atoms with van der Waals surface area (Å²) in [6.07, 6.45) is 11.8. The normalized spacial score (nSPS) is 18.1. The van der Waals surface area contributed by atoms with Gasteiger partial charge >= 0.3 is 0 Å². The number of hydrogen-bond acceptors (Lipinski definition) is 5. The highest BCUT2D eigenvalue weighted by Crippen LogP contribution is 2.38. The summed E-state index contributed by atoms with van der Waals surface area (Å²) >= 11 is 0. The molecule has 2 aromatic rings. The number of nitrogens with two attached hydrogens (primary N) is 1. The van der Waals surface area contributed by atoms with E-state index in [9.17, 15) is 0 Å². The summed E-state index contributed by atoms with van der Waals surface area (Å²) < 4.78 is 2.19. The molecule has 6 nitrogen and oxygen atoms in total. The number of hydrogen-bond donors (Lipinski definition) is 2. The smallest absolute Gasteiger partial charge is 0.180 e. The molecule has 110 valence electrons. The fourth-order valence-electron chi connectivity index (χ4n) is 3.13. The number of nitrogen functional groups attached to an aromatic ring is 1. The zero-order valence-corrected chi connectivity index (χ0v) is 12.0. The van der Waals surface area contributed by atoms with Gasteiger partial charge in [-0.25, -0.2) is 20.8 Å². The van der Waals surface area contributed by atoms with Gasteiger partial charge in [0.15, 0.2) is 5.82 Å². The summed E-state index contributed by atoms with van der Waals surface area (Å²) in [4.78, 5) is 13.8. The number of nitrogens with zero attached hydrogens (tertiary/aromatic N) is 4. The van der Waals surface area contributed by atoms with Gasteiger partial charge in [0.2, 0.25) is 0 Å². The first kappa shape index (κ1) is 12.8. The lowest BCUT2D eigenvalue weighted by Gasteiger charge is -2.13. The van der Waals surface area contributed by atoms with Crippen molar-refractivity contribution in [3.05, 3.63) is 23.8 Å². The predicted molar refractivity (Wildman–Crippen MR) is 80.6 cm³/mol. The average molecular weight is 284 g/mol. The summed E-state index contributed by atoms with van der Waals surface area (Å²) in [5.74, 6) is 7.22. The summed E-state index contributed by atoms with van der Waals surface area (Å²) in [7, 11) is 0. The average Bonchev–Trinajstić information content (AvgIpc) is 3.28. The van der Waals surface area contributed by atoms with Crippen molar-refractivity contribution in [2.75, 3.05) is 5.43 Å². The fourth-order valence-corrected chi connectivity index (χ4v) is 3.13. The monoisotopic (exact) mass is 284 g/mol. The van der Waals surface area contributed by atoms with Crippen LogP contribution in [-0.4, -0.2) is 19.5 Å². The van der Waals surface area contributed by atoms with E-state index in [1.807, 2.05) is 12.5 Å². The van der Waals surface area contributed by atoms with Crippen molar-refractivity contribution in [2.45, 2.75) is 51.0 Å². The second-order valence-corrected chi connectivity index (χ2v) is 5.94. The Kier molecular flexibility index (Phi) is 3.11. The maximum atomic E-state index is 5.69. The van der Waals surface area contributed by atoms with Crippen molar-refractivity contribution >= 4 is 5.82 Å². The molecule has 0 saturated heterocycles. The van der Waals surface area contributed by atoms with E-state index in [2.05, 4.69) is 20.0 Å². The first-order valence-electron chi connectivity index (χ1n) is 7.75. The number of nitrogens with one attached hydrogen (secondary N) is 1. The van der Waals surface area contributed by atoms with Gasteiger partial charge in [-0.3, -0.25) is 0 Å². The van der Waals surface area contributed by atoms with Crippen LogP contribution in [-0.2, 0) is 12.8 Å². The van der Waals surface area contributed by atoms with Gasteiger partial charge < -0.3 is 9.99 Å². The maximum Gasteiger partial charge on any atom is 0.180 e. The molecule has 2 heterocycles.